The van der Waals surface area contributed by atoms with Crippen molar-refractivity contribution in [2.45, 2.75) is 51.8 Å². The largest absolute Gasteiger partial charge is 0.489 e. The van der Waals surface area contributed by atoms with Gasteiger partial charge < -0.3 is 4.74 Å². The van der Waals surface area contributed by atoms with Crippen LogP contribution in [0.25, 0.3) is 11.8 Å². The van der Waals surface area contributed by atoms with Crippen molar-refractivity contribution in [1.82, 2.24) is 0 Å². The fourth-order valence-corrected chi connectivity index (χ4v) is 9.55. The first-order chi connectivity index (χ1) is 19.1. The van der Waals surface area contributed by atoms with Crippen molar-refractivity contribution < 1.29 is 4.74 Å². The molecule has 0 aliphatic heterocycles. The zero-order valence-corrected chi connectivity index (χ0v) is 24.2. The first-order valence-corrected chi connectivity index (χ1v) is 16.0. The molecule has 0 radical (unpaired) electrons. The number of hydrogen-bond donors (Lipinski definition) is 0. The molecule has 1 nitrogen and oxygen atoms in total. The molecule has 4 atom stereocenters. The van der Waals surface area contributed by atoms with E-state index in [4.69, 9.17) is 4.74 Å². The van der Waals surface area contributed by atoms with E-state index in [0.717, 1.165) is 12.2 Å². The molecule has 4 aromatic carbocycles. The Labute approximate surface area is 235 Å². The Morgan fingerprint density at radius 1 is 0.692 bits per heavy atom. The van der Waals surface area contributed by atoms with Crippen LogP contribution in [-0.2, 0) is 4.74 Å². The van der Waals surface area contributed by atoms with Crippen molar-refractivity contribution in [3.8, 4) is 0 Å². The summed E-state index contributed by atoms with van der Waals surface area (Å²) in [5, 5.41) is 2.80. The average molecular weight is 531 g/mol. The predicted octanol–water partition coefficient (Wildman–Crippen LogP) is 9.20. The molecule has 1 fully saturated rings. The molecule has 1 saturated carbocycles. The van der Waals surface area contributed by atoms with Gasteiger partial charge in [0.25, 0.3) is 0 Å². The molecule has 4 aromatic rings. The van der Waals surface area contributed by atoms with E-state index in [2.05, 4.69) is 136 Å². The molecule has 0 bridgehead atoms. The Morgan fingerprint density at radius 3 is 1.95 bits per heavy atom. The van der Waals surface area contributed by atoms with E-state index in [1.807, 2.05) is 0 Å². The third-order valence-corrected chi connectivity index (χ3v) is 11.4. The highest BCUT2D eigenvalue weighted by molar-refractivity contribution is 7.73. The Bertz CT molecular complexity index is 1380. The van der Waals surface area contributed by atoms with Crippen LogP contribution in [0.5, 0.6) is 0 Å². The summed E-state index contributed by atoms with van der Waals surface area (Å²) in [5.41, 5.74) is 5.51. The molecule has 0 heterocycles. The molecule has 198 valence electrons. The molecular formula is C37H39OP. The van der Waals surface area contributed by atoms with Crippen LogP contribution in [0.1, 0.15) is 67.9 Å². The lowest BCUT2D eigenvalue weighted by atomic mass is 9.75. The summed E-state index contributed by atoms with van der Waals surface area (Å²) in [7, 11) is -0.713. The molecule has 2 heteroatoms. The van der Waals surface area contributed by atoms with Crippen molar-refractivity contribution in [3.63, 3.8) is 0 Å². The molecule has 0 N–H and O–H groups in total. The molecule has 2 aliphatic rings. The van der Waals surface area contributed by atoms with Crippen molar-refractivity contribution >= 4 is 30.4 Å². The van der Waals surface area contributed by atoms with E-state index < -0.39 is 7.92 Å². The van der Waals surface area contributed by atoms with Crippen LogP contribution in [0.4, 0.5) is 0 Å². The number of fused-ring (bicyclic) bond motifs is 2. The zero-order valence-electron chi connectivity index (χ0n) is 23.3. The molecule has 6 rings (SSSR count). The van der Waals surface area contributed by atoms with Gasteiger partial charge in [-0.25, -0.2) is 0 Å². The smallest absolute Gasteiger partial charge is 0.127 e. The Morgan fingerprint density at radius 2 is 1.28 bits per heavy atom. The molecule has 0 amide bonds. The van der Waals surface area contributed by atoms with Crippen LogP contribution in [-0.4, -0.2) is 6.10 Å². The molecule has 0 aromatic heterocycles. The van der Waals surface area contributed by atoms with Crippen LogP contribution in [0.15, 0.2) is 109 Å². The second-order valence-electron chi connectivity index (χ2n) is 11.7. The molecule has 1 unspecified atom stereocenters. The van der Waals surface area contributed by atoms with Gasteiger partial charge in [-0.1, -0.05) is 136 Å². The van der Waals surface area contributed by atoms with E-state index in [9.17, 15) is 0 Å². The van der Waals surface area contributed by atoms with Crippen LogP contribution in [0.2, 0.25) is 0 Å². The van der Waals surface area contributed by atoms with E-state index in [-0.39, 0.29) is 11.8 Å². The lowest BCUT2D eigenvalue weighted by Crippen LogP contribution is -2.34. The highest BCUT2D eigenvalue weighted by Gasteiger charge is 2.36. The van der Waals surface area contributed by atoms with Gasteiger partial charge in [-0.05, 0) is 71.9 Å². The quantitative estimate of drug-likeness (QED) is 0.226. The zero-order chi connectivity index (χ0) is 26.8. The minimum Gasteiger partial charge on any atom is -0.489 e. The fraction of sp³-hybridized carbons (Fsp3) is 0.297. The Balaban J connectivity index is 1.52. The fourth-order valence-electron chi connectivity index (χ4n) is 6.65. The lowest BCUT2D eigenvalue weighted by molar-refractivity contribution is 0.0265. The first-order valence-electron chi connectivity index (χ1n) is 14.6. The van der Waals surface area contributed by atoms with Gasteiger partial charge in [0.15, 0.2) is 0 Å². The number of hydrogen-bond acceptors (Lipinski definition) is 1. The van der Waals surface area contributed by atoms with Crippen LogP contribution in [0.3, 0.4) is 0 Å². The third kappa shape index (κ3) is 5.35. The van der Waals surface area contributed by atoms with E-state index in [1.165, 1.54) is 45.7 Å². The van der Waals surface area contributed by atoms with Gasteiger partial charge in [0.2, 0.25) is 0 Å². The lowest BCUT2D eigenvalue weighted by Gasteiger charge is -2.38. The summed E-state index contributed by atoms with van der Waals surface area (Å²) < 4.78 is 7.15. The second kappa shape index (κ2) is 11.5. The summed E-state index contributed by atoms with van der Waals surface area (Å²) in [6.07, 6.45) is 6.29. The molecule has 2 aliphatic carbocycles. The van der Waals surface area contributed by atoms with Crippen molar-refractivity contribution in [2.75, 3.05) is 0 Å². The minimum atomic E-state index is -0.713. The number of ether oxygens (including phenoxy) is 1. The highest BCUT2D eigenvalue weighted by Crippen LogP contribution is 2.57. The second-order valence-corrected chi connectivity index (χ2v) is 13.9. The van der Waals surface area contributed by atoms with Gasteiger partial charge in [0.05, 0.1) is 0 Å². The van der Waals surface area contributed by atoms with Gasteiger partial charge >= 0.3 is 0 Å². The molecular weight excluding hydrogens is 491 g/mol. The van der Waals surface area contributed by atoms with E-state index in [1.54, 1.807) is 0 Å². The minimum absolute atomic E-state index is 0.223. The van der Waals surface area contributed by atoms with Gasteiger partial charge in [0.1, 0.15) is 11.9 Å². The van der Waals surface area contributed by atoms with Crippen LogP contribution in [0, 0.1) is 17.8 Å². The van der Waals surface area contributed by atoms with Crippen molar-refractivity contribution in [2.24, 2.45) is 17.8 Å². The molecule has 0 spiro atoms. The summed E-state index contributed by atoms with van der Waals surface area (Å²) in [6, 6.07) is 40.3. The predicted molar refractivity (Wildman–Crippen MR) is 168 cm³/mol. The van der Waals surface area contributed by atoms with E-state index >= 15 is 0 Å². The van der Waals surface area contributed by atoms with Gasteiger partial charge in [-0.3, -0.25) is 0 Å². The molecule has 39 heavy (non-hydrogen) atoms. The SMILES string of the molecule is CC(C)[C@@H]1CC[C@@H](C)CC1OC1=Cc2ccccc2[C@@H](P(c2ccccc2)c2ccccc2)c2ccccc21. The van der Waals surface area contributed by atoms with Gasteiger partial charge in [0, 0.05) is 11.2 Å². The molecule has 0 saturated heterocycles. The Hall–Kier alpha value is -3.15. The van der Waals surface area contributed by atoms with Gasteiger partial charge in [-0.2, -0.15) is 0 Å². The summed E-state index contributed by atoms with van der Waals surface area (Å²) >= 11 is 0. The summed E-state index contributed by atoms with van der Waals surface area (Å²) in [4.78, 5) is 0. The van der Waals surface area contributed by atoms with Crippen LogP contribution < -0.4 is 10.6 Å². The average Bonchev–Trinajstić information content (AvgIpc) is 3.09. The number of rotatable bonds is 6. The number of benzene rings is 4. The maximum atomic E-state index is 7.15. The van der Waals surface area contributed by atoms with Crippen LogP contribution >= 0.6 is 7.92 Å². The standard InChI is InChI=1S/C37H39OP/c1-26(2)31-23-22-27(3)24-35(31)38-36-25-28-14-10-11-19-32(28)37(34-21-13-12-20-33(34)36)39(29-15-6-4-7-16-29)30-17-8-5-9-18-30/h4-21,25-27,31,35,37H,22-24H2,1-3H3/t27-,31+,35?,37-/m1/s1. The Kier molecular flexibility index (Phi) is 7.71. The maximum absolute atomic E-state index is 7.15. The van der Waals surface area contributed by atoms with Gasteiger partial charge in [-0.15, -0.1) is 0 Å². The van der Waals surface area contributed by atoms with Crippen molar-refractivity contribution in [3.05, 3.63) is 131 Å². The summed E-state index contributed by atoms with van der Waals surface area (Å²) in [5.74, 6) is 2.96. The highest BCUT2D eigenvalue weighted by atomic mass is 31.1. The normalized spacial score (nSPS) is 22.5. The maximum Gasteiger partial charge on any atom is 0.127 e. The first kappa shape index (κ1) is 26.1. The van der Waals surface area contributed by atoms with E-state index in [0.29, 0.717) is 17.8 Å². The summed E-state index contributed by atoms with van der Waals surface area (Å²) in [6.45, 7) is 7.12. The third-order valence-electron chi connectivity index (χ3n) is 8.66. The van der Waals surface area contributed by atoms with Crippen molar-refractivity contribution in [1.29, 1.82) is 0 Å². The monoisotopic (exact) mass is 530 g/mol. The topological polar surface area (TPSA) is 9.23 Å².